The molecule has 0 aromatic heterocycles. The van der Waals surface area contributed by atoms with Gasteiger partial charge in [-0.2, -0.15) is 0 Å². The Morgan fingerprint density at radius 2 is 1.02 bits per heavy atom. The summed E-state index contributed by atoms with van der Waals surface area (Å²) in [5, 5.41) is 18.5. The molecule has 2 aromatic carbocycles. The molecule has 0 aliphatic heterocycles. The molecule has 0 aliphatic rings. The maximum Gasteiger partial charge on any atom is 0.323 e. The van der Waals surface area contributed by atoms with Crippen molar-refractivity contribution in [3.05, 3.63) is 48.0 Å². The van der Waals surface area contributed by atoms with Crippen LogP contribution in [0.2, 0.25) is 0 Å². The van der Waals surface area contributed by atoms with E-state index in [1.807, 2.05) is 12.1 Å². The van der Waals surface area contributed by atoms with Crippen LogP contribution < -0.4 is 19.9 Å². The van der Waals surface area contributed by atoms with Gasteiger partial charge in [-0.05, 0) is 30.7 Å². The number of ether oxygens (including phenoxy) is 3. The number of hydrogen-bond acceptors (Lipinski definition) is 7. The quantitative estimate of drug-likeness (QED) is 0.0573. The normalized spacial score (nSPS) is 10.9. The van der Waals surface area contributed by atoms with Gasteiger partial charge in [-0.1, -0.05) is 109 Å². The number of amides is 1. The first-order chi connectivity index (χ1) is 23.3. The zero-order valence-corrected chi connectivity index (χ0v) is 29.0. The molecule has 10 nitrogen and oxygen atoms in total. The third-order valence-corrected chi connectivity index (χ3v) is 8.02. The van der Waals surface area contributed by atoms with Gasteiger partial charge in [0.05, 0.1) is 19.8 Å². The number of unbranched alkanes of at least 4 members (excludes halogenated alkanes) is 15. The molecule has 48 heavy (non-hydrogen) atoms. The summed E-state index contributed by atoms with van der Waals surface area (Å²) < 4.78 is 17.6. The van der Waals surface area contributed by atoms with Crippen LogP contribution in [0.15, 0.2) is 42.5 Å². The first kappa shape index (κ1) is 40.2. The molecule has 0 spiro atoms. The van der Waals surface area contributed by atoms with Crippen LogP contribution in [0.25, 0.3) is 0 Å². The van der Waals surface area contributed by atoms with Crippen molar-refractivity contribution in [3.63, 3.8) is 0 Å². The highest BCUT2D eigenvalue weighted by Gasteiger charge is 2.22. The summed E-state index contributed by atoms with van der Waals surface area (Å²) in [4.78, 5) is 36.6. The molecule has 268 valence electrons. The van der Waals surface area contributed by atoms with Crippen LogP contribution in [0.5, 0.6) is 17.2 Å². The molecule has 2 rings (SSSR count). The molecule has 0 aliphatic carbocycles. The van der Waals surface area contributed by atoms with E-state index in [4.69, 9.17) is 19.9 Å². The van der Waals surface area contributed by atoms with E-state index in [9.17, 15) is 24.6 Å². The fourth-order valence-electron chi connectivity index (χ4n) is 5.45. The van der Waals surface area contributed by atoms with E-state index in [2.05, 4.69) is 6.92 Å². The van der Waals surface area contributed by atoms with Crippen molar-refractivity contribution in [1.82, 2.24) is 4.90 Å². The van der Waals surface area contributed by atoms with Crippen LogP contribution >= 0.6 is 0 Å². The second-order valence-electron chi connectivity index (χ2n) is 12.4. The van der Waals surface area contributed by atoms with Crippen LogP contribution in [0, 0.1) is 0 Å². The van der Waals surface area contributed by atoms with E-state index in [-0.39, 0.29) is 12.2 Å². The lowest BCUT2D eigenvalue weighted by Gasteiger charge is -2.19. The molecule has 0 saturated carbocycles. The lowest BCUT2D eigenvalue weighted by atomic mass is 10.0. The van der Waals surface area contributed by atoms with E-state index >= 15 is 0 Å². The summed E-state index contributed by atoms with van der Waals surface area (Å²) in [6, 6.07) is 11.8. The number of carboxylic acids is 2. The van der Waals surface area contributed by atoms with Gasteiger partial charge in [0.1, 0.15) is 30.3 Å². The Morgan fingerprint density at radius 3 is 1.48 bits per heavy atom. The van der Waals surface area contributed by atoms with Crippen molar-refractivity contribution in [2.45, 2.75) is 116 Å². The molecule has 0 unspecified atom stereocenters. The van der Waals surface area contributed by atoms with Crippen molar-refractivity contribution in [3.8, 4) is 17.2 Å². The third-order valence-electron chi connectivity index (χ3n) is 8.02. The van der Waals surface area contributed by atoms with Gasteiger partial charge in [-0.15, -0.1) is 0 Å². The molecule has 0 heterocycles. The molecule has 4 N–H and O–H groups in total. The van der Waals surface area contributed by atoms with Crippen molar-refractivity contribution < 1.29 is 38.8 Å². The van der Waals surface area contributed by atoms with E-state index in [0.29, 0.717) is 42.6 Å². The van der Waals surface area contributed by atoms with E-state index in [1.54, 1.807) is 18.2 Å². The summed E-state index contributed by atoms with van der Waals surface area (Å²) in [6.45, 7) is 1.90. The fourth-order valence-corrected chi connectivity index (χ4v) is 5.45. The second-order valence-corrected chi connectivity index (χ2v) is 12.4. The third kappa shape index (κ3) is 19.0. The van der Waals surface area contributed by atoms with Gasteiger partial charge in [0.2, 0.25) is 0 Å². The highest BCUT2D eigenvalue weighted by molar-refractivity contribution is 5.98. The van der Waals surface area contributed by atoms with Gasteiger partial charge in [-0.3, -0.25) is 14.4 Å². The monoisotopic (exact) mass is 670 g/mol. The molecule has 0 atom stereocenters. The number of carboxylic acid groups (broad SMARTS) is 2. The Balaban J connectivity index is 1.77. The number of rotatable bonds is 29. The number of carbonyl (C=O) groups is 3. The number of nitrogens with zero attached hydrogens (tertiary/aromatic N) is 1. The predicted molar refractivity (Wildman–Crippen MR) is 189 cm³/mol. The number of benzene rings is 2. The number of carbonyl (C=O) groups excluding carboxylic acids is 1. The zero-order chi connectivity index (χ0) is 34.8. The molecule has 0 fully saturated rings. The number of nitrogen functional groups attached to an aromatic ring is 1. The minimum atomic E-state index is -1.31. The molecule has 10 heteroatoms. The molecule has 0 bridgehead atoms. The first-order valence-corrected chi connectivity index (χ1v) is 17.9. The Labute approximate surface area is 286 Å². The van der Waals surface area contributed by atoms with Crippen LogP contribution in [-0.4, -0.2) is 65.9 Å². The summed E-state index contributed by atoms with van der Waals surface area (Å²) >= 11 is 0. The Hall–Kier alpha value is -3.95. The van der Waals surface area contributed by atoms with E-state index < -0.39 is 30.9 Å². The lowest BCUT2D eigenvalue weighted by molar-refractivity contribution is -0.140. The minimum absolute atomic E-state index is 0.0907. The van der Waals surface area contributed by atoms with Gasteiger partial charge in [-0.25, -0.2) is 0 Å². The van der Waals surface area contributed by atoms with Crippen molar-refractivity contribution >= 4 is 23.5 Å². The molecule has 0 saturated heterocycles. The van der Waals surface area contributed by atoms with Crippen LogP contribution in [0.3, 0.4) is 0 Å². The molecular weight excluding hydrogens is 612 g/mol. The number of aliphatic carboxylic acids is 2. The summed E-state index contributed by atoms with van der Waals surface area (Å²) in [6.07, 6.45) is 21.0. The summed E-state index contributed by atoms with van der Waals surface area (Å²) in [5.74, 6) is -1.93. The standard InChI is InChI=1S/C38H58N2O8/c1-2-3-4-5-6-7-8-9-10-11-12-13-14-15-16-17-22-47-34-25-31(38(45)40(29-36(41)42)30-37(43)44)26-35(28-34)48-24-19-23-46-33-21-18-20-32(39)27-33/h18,20-21,25-28H,2-17,19,22-24,29-30,39H2,1H3,(H,41,42)(H,43,44). The van der Waals surface area contributed by atoms with Crippen molar-refractivity contribution in [2.75, 3.05) is 38.6 Å². The molecular formula is C38H58N2O8. The fraction of sp³-hybridized carbons (Fsp3) is 0.605. The highest BCUT2D eigenvalue weighted by Crippen LogP contribution is 2.25. The van der Waals surface area contributed by atoms with Crippen LogP contribution in [0.4, 0.5) is 5.69 Å². The largest absolute Gasteiger partial charge is 0.493 e. The van der Waals surface area contributed by atoms with E-state index in [1.165, 1.54) is 95.6 Å². The summed E-state index contributed by atoms with van der Waals surface area (Å²) in [7, 11) is 0. The van der Waals surface area contributed by atoms with Gasteiger partial charge in [0, 0.05) is 29.8 Å². The lowest BCUT2D eigenvalue weighted by Crippen LogP contribution is -2.39. The van der Waals surface area contributed by atoms with E-state index in [0.717, 1.165) is 24.2 Å². The summed E-state index contributed by atoms with van der Waals surface area (Å²) in [5.41, 5.74) is 6.49. The van der Waals surface area contributed by atoms with Crippen LogP contribution in [0.1, 0.15) is 126 Å². The molecule has 0 radical (unpaired) electrons. The molecule has 2 aromatic rings. The maximum atomic E-state index is 13.2. The van der Waals surface area contributed by atoms with Crippen molar-refractivity contribution in [2.24, 2.45) is 0 Å². The first-order valence-electron chi connectivity index (χ1n) is 17.9. The van der Waals surface area contributed by atoms with Crippen molar-refractivity contribution in [1.29, 1.82) is 0 Å². The maximum absolute atomic E-state index is 13.2. The van der Waals surface area contributed by atoms with Gasteiger partial charge in [0.25, 0.3) is 5.91 Å². The van der Waals surface area contributed by atoms with Crippen LogP contribution in [-0.2, 0) is 9.59 Å². The highest BCUT2D eigenvalue weighted by atomic mass is 16.5. The number of hydrogen-bond donors (Lipinski definition) is 3. The average Bonchev–Trinajstić information content (AvgIpc) is 3.05. The van der Waals surface area contributed by atoms with Gasteiger partial charge < -0.3 is 35.1 Å². The Bertz CT molecular complexity index is 1190. The Kier molecular flexibility index (Phi) is 21.0. The van der Waals surface area contributed by atoms with Gasteiger partial charge in [0.15, 0.2) is 0 Å². The Morgan fingerprint density at radius 1 is 0.583 bits per heavy atom. The SMILES string of the molecule is CCCCCCCCCCCCCCCCCCOc1cc(OCCCOc2cccc(N)c2)cc(C(=O)N(CC(=O)O)CC(=O)O)c1. The molecule has 1 amide bonds. The predicted octanol–water partition coefficient (Wildman–Crippen LogP) is 8.37. The average molecular weight is 671 g/mol. The number of nitrogens with two attached hydrogens (primary N) is 1. The smallest absolute Gasteiger partial charge is 0.323 e. The number of anilines is 1. The zero-order valence-electron chi connectivity index (χ0n) is 29.0. The topological polar surface area (TPSA) is 149 Å². The van der Waals surface area contributed by atoms with Gasteiger partial charge >= 0.3 is 11.9 Å². The minimum Gasteiger partial charge on any atom is -0.493 e. The second kappa shape index (κ2) is 25.1.